The summed E-state index contributed by atoms with van der Waals surface area (Å²) in [6.45, 7) is 7.55. The number of carboxylic acid groups (broad SMARTS) is 3. The van der Waals surface area contributed by atoms with E-state index in [2.05, 4.69) is 13.2 Å². The van der Waals surface area contributed by atoms with Crippen LogP contribution >= 0.6 is 0 Å². The topological polar surface area (TPSA) is 243 Å². The second-order valence-electron chi connectivity index (χ2n) is 9.03. The summed E-state index contributed by atoms with van der Waals surface area (Å²) < 4.78 is 24.5. The SMILES string of the molecule is C=C(C)C(=O)OCCOC(=O)c1cc(C(=O)O)ccc1C(=O)Oc1c(C(=O)O)ccc(C(=O)OCCOC(=O)C(=C)C)c1C(=O)O. The van der Waals surface area contributed by atoms with Gasteiger partial charge in [-0.1, -0.05) is 13.2 Å². The summed E-state index contributed by atoms with van der Waals surface area (Å²) >= 11 is 0. The fourth-order valence-electron chi connectivity index (χ4n) is 3.35. The number of esters is 5. The summed E-state index contributed by atoms with van der Waals surface area (Å²) in [7, 11) is 0. The molecule has 0 amide bonds. The Morgan fingerprint density at radius 2 is 1.02 bits per heavy atom. The zero-order valence-electron chi connectivity index (χ0n) is 24.3. The lowest BCUT2D eigenvalue weighted by Gasteiger charge is -2.15. The second-order valence-corrected chi connectivity index (χ2v) is 9.03. The predicted octanol–water partition coefficient (Wildman–Crippen LogP) is 2.55. The van der Waals surface area contributed by atoms with Gasteiger partial charge in [0.05, 0.1) is 22.3 Å². The number of benzene rings is 2. The Labute approximate surface area is 259 Å². The van der Waals surface area contributed by atoms with Gasteiger partial charge >= 0.3 is 47.8 Å². The lowest BCUT2D eigenvalue weighted by Crippen LogP contribution is -2.22. The third kappa shape index (κ3) is 9.34. The van der Waals surface area contributed by atoms with Crippen LogP contribution in [-0.4, -0.2) is 89.5 Å². The van der Waals surface area contributed by atoms with E-state index in [1.165, 1.54) is 13.8 Å². The van der Waals surface area contributed by atoms with Gasteiger partial charge in [-0.2, -0.15) is 0 Å². The number of ether oxygens (including phenoxy) is 5. The van der Waals surface area contributed by atoms with E-state index < -0.39 is 113 Å². The molecule has 0 aromatic heterocycles. The molecule has 0 unspecified atom stereocenters. The number of carbonyl (C=O) groups excluding carboxylic acids is 5. The molecule has 16 heteroatoms. The fraction of sp³-hybridized carbons (Fsp3) is 0.200. The molecule has 0 aliphatic rings. The lowest BCUT2D eigenvalue weighted by atomic mass is 10.0. The zero-order valence-corrected chi connectivity index (χ0v) is 24.3. The van der Waals surface area contributed by atoms with Crippen LogP contribution in [0.2, 0.25) is 0 Å². The molecule has 2 rings (SSSR count). The molecule has 0 saturated heterocycles. The van der Waals surface area contributed by atoms with Gasteiger partial charge in [0.25, 0.3) is 0 Å². The molecule has 2 aromatic rings. The maximum absolute atomic E-state index is 13.3. The third-order valence-electron chi connectivity index (χ3n) is 5.52. The monoisotopic (exact) mass is 642 g/mol. The quantitative estimate of drug-likeness (QED) is 0.0830. The van der Waals surface area contributed by atoms with Crippen molar-refractivity contribution in [2.24, 2.45) is 0 Å². The Balaban J connectivity index is 2.46. The maximum atomic E-state index is 13.3. The van der Waals surface area contributed by atoms with Crippen LogP contribution < -0.4 is 4.74 Å². The normalized spacial score (nSPS) is 10.1. The Morgan fingerprint density at radius 1 is 0.565 bits per heavy atom. The van der Waals surface area contributed by atoms with Gasteiger partial charge in [-0.25, -0.2) is 38.4 Å². The highest BCUT2D eigenvalue weighted by Gasteiger charge is 2.31. The van der Waals surface area contributed by atoms with Crippen molar-refractivity contribution in [3.8, 4) is 5.75 Å². The molecular formula is C30H26O16. The number of hydrogen-bond donors (Lipinski definition) is 3. The van der Waals surface area contributed by atoms with Gasteiger partial charge < -0.3 is 39.0 Å². The van der Waals surface area contributed by atoms with Crippen molar-refractivity contribution >= 4 is 47.8 Å². The minimum absolute atomic E-state index is 0.0633. The minimum atomic E-state index is -1.92. The largest absolute Gasteiger partial charge is 0.478 e. The van der Waals surface area contributed by atoms with Crippen molar-refractivity contribution in [2.45, 2.75) is 13.8 Å². The molecule has 0 spiro atoms. The van der Waals surface area contributed by atoms with Crippen LogP contribution in [0.5, 0.6) is 5.75 Å². The van der Waals surface area contributed by atoms with Crippen molar-refractivity contribution in [1.82, 2.24) is 0 Å². The average Bonchev–Trinajstić information content (AvgIpc) is 2.99. The summed E-state index contributed by atoms with van der Waals surface area (Å²) in [5.41, 5.74) is -4.48. The van der Waals surface area contributed by atoms with Crippen molar-refractivity contribution < 1.29 is 77.4 Å². The zero-order chi connectivity index (χ0) is 34.7. The van der Waals surface area contributed by atoms with E-state index in [9.17, 15) is 53.7 Å². The number of carbonyl (C=O) groups is 8. The summed E-state index contributed by atoms with van der Waals surface area (Å²) in [5.74, 6) is -12.0. The summed E-state index contributed by atoms with van der Waals surface area (Å²) in [6.07, 6.45) is 0. The third-order valence-corrected chi connectivity index (χ3v) is 5.52. The summed E-state index contributed by atoms with van der Waals surface area (Å²) in [6, 6.07) is 4.01. The fourth-order valence-corrected chi connectivity index (χ4v) is 3.35. The van der Waals surface area contributed by atoms with Crippen molar-refractivity contribution in [3.05, 3.63) is 88.0 Å². The highest BCUT2D eigenvalue weighted by atomic mass is 16.6. The minimum Gasteiger partial charge on any atom is -0.478 e. The number of aromatic carboxylic acids is 3. The van der Waals surface area contributed by atoms with Crippen LogP contribution in [0, 0.1) is 0 Å². The Hall–Kier alpha value is -6.32. The van der Waals surface area contributed by atoms with Gasteiger partial charge in [-0.3, -0.25) is 0 Å². The smallest absolute Gasteiger partial charge is 0.344 e. The molecule has 0 aliphatic carbocycles. The molecule has 0 radical (unpaired) electrons. The van der Waals surface area contributed by atoms with Crippen LogP contribution in [-0.2, 0) is 28.5 Å². The Morgan fingerprint density at radius 3 is 1.48 bits per heavy atom. The van der Waals surface area contributed by atoms with E-state index in [1.807, 2.05) is 0 Å². The predicted molar refractivity (Wildman–Crippen MR) is 151 cm³/mol. The Kier molecular flexibility index (Phi) is 12.4. The number of rotatable bonds is 15. The first-order valence-corrected chi connectivity index (χ1v) is 12.8. The van der Waals surface area contributed by atoms with Gasteiger partial charge in [0.15, 0.2) is 5.75 Å². The second kappa shape index (κ2) is 15.9. The number of carboxylic acids is 3. The highest BCUT2D eigenvalue weighted by molar-refractivity contribution is 6.10. The van der Waals surface area contributed by atoms with Crippen molar-refractivity contribution in [2.75, 3.05) is 26.4 Å². The van der Waals surface area contributed by atoms with E-state index in [0.717, 1.165) is 30.3 Å². The molecule has 242 valence electrons. The van der Waals surface area contributed by atoms with Crippen LogP contribution in [0.15, 0.2) is 54.6 Å². The molecule has 0 saturated carbocycles. The molecule has 0 aliphatic heterocycles. The molecule has 16 nitrogen and oxygen atoms in total. The molecule has 0 bridgehead atoms. The standard InChI is InChI=1S/C30H26O16/c1-14(2)26(37)42-9-11-44-28(39)18-7-8-19(24(33)34)22(21(18)25(35)36)46-30(41)17-6-5-16(23(31)32)13-20(17)29(40)45-12-10-43-27(38)15(3)4/h5-8,13H,1,3,9-12H2,2,4H3,(H,31,32)(H,33,34)(H,35,36). The van der Waals surface area contributed by atoms with Crippen LogP contribution in [0.4, 0.5) is 0 Å². The molecule has 0 heterocycles. The summed E-state index contributed by atoms with van der Waals surface area (Å²) in [5, 5.41) is 28.9. The first kappa shape index (κ1) is 35.9. The maximum Gasteiger partial charge on any atom is 0.344 e. The van der Waals surface area contributed by atoms with Crippen molar-refractivity contribution in [1.29, 1.82) is 0 Å². The van der Waals surface area contributed by atoms with Crippen LogP contribution in [0.25, 0.3) is 0 Å². The average molecular weight is 643 g/mol. The van der Waals surface area contributed by atoms with Gasteiger partial charge in [0, 0.05) is 11.1 Å². The van der Waals surface area contributed by atoms with Crippen molar-refractivity contribution in [3.63, 3.8) is 0 Å². The first-order valence-electron chi connectivity index (χ1n) is 12.8. The molecule has 46 heavy (non-hydrogen) atoms. The number of hydrogen-bond acceptors (Lipinski definition) is 13. The molecule has 0 fully saturated rings. The van der Waals surface area contributed by atoms with E-state index in [-0.39, 0.29) is 11.1 Å². The van der Waals surface area contributed by atoms with Crippen LogP contribution in [0.1, 0.15) is 76.0 Å². The van der Waals surface area contributed by atoms with E-state index in [0.29, 0.717) is 0 Å². The van der Waals surface area contributed by atoms with Gasteiger partial charge in [-0.15, -0.1) is 0 Å². The lowest BCUT2D eigenvalue weighted by molar-refractivity contribution is -0.140. The first-order chi connectivity index (χ1) is 21.6. The molecular weight excluding hydrogens is 616 g/mol. The van der Waals surface area contributed by atoms with Gasteiger partial charge in [0.1, 0.15) is 37.6 Å². The van der Waals surface area contributed by atoms with Gasteiger partial charge in [0.2, 0.25) is 0 Å². The van der Waals surface area contributed by atoms with E-state index in [4.69, 9.17) is 23.7 Å². The molecule has 2 aromatic carbocycles. The Bertz CT molecular complexity index is 1650. The summed E-state index contributed by atoms with van der Waals surface area (Å²) in [4.78, 5) is 97.4. The molecule has 3 N–H and O–H groups in total. The van der Waals surface area contributed by atoms with E-state index >= 15 is 0 Å². The van der Waals surface area contributed by atoms with Crippen LogP contribution in [0.3, 0.4) is 0 Å². The molecule has 0 atom stereocenters. The highest BCUT2D eigenvalue weighted by Crippen LogP contribution is 2.30. The van der Waals surface area contributed by atoms with E-state index in [1.54, 1.807) is 0 Å². The van der Waals surface area contributed by atoms with Gasteiger partial charge in [-0.05, 0) is 44.2 Å².